The minimum Gasteiger partial charge on any atom is -0.292 e. The van der Waals surface area contributed by atoms with Gasteiger partial charge in [-0.15, -0.1) is 0 Å². The monoisotopic (exact) mass is 607 g/mol. The third-order valence-electron chi connectivity index (χ3n) is 7.28. The van der Waals surface area contributed by atoms with Gasteiger partial charge in [0.25, 0.3) is 0 Å². The molecule has 2 aromatic carbocycles. The van der Waals surface area contributed by atoms with E-state index >= 15 is 0 Å². The van der Waals surface area contributed by atoms with Crippen LogP contribution in [0.3, 0.4) is 0 Å². The summed E-state index contributed by atoms with van der Waals surface area (Å²) in [6.45, 7) is 25.1. The fourth-order valence-corrected chi connectivity index (χ4v) is 4.96. The third kappa shape index (κ3) is 11.2. The van der Waals surface area contributed by atoms with E-state index in [2.05, 4.69) is 101 Å². The Morgan fingerprint density at radius 1 is 0.711 bits per heavy atom. The van der Waals surface area contributed by atoms with Crippen LogP contribution in [-0.2, 0) is 6.42 Å². The molecule has 0 atom stereocenters. The zero-order valence-electron chi connectivity index (χ0n) is 30.0. The number of benzene rings is 2. The molecule has 0 aliphatic carbocycles. The van der Waals surface area contributed by atoms with Crippen LogP contribution in [0.4, 0.5) is 5.69 Å². The number of carbonyl (C=O) groups is 1. The summed E-state index contributed by atoms with van der Waals surface area (Å²) < 4.78 is 0. The van der Waals surface area contributed by atoms with Gasteiger partial charge in [-0.2, -0.15) is 0 Å². The zero-order valence-corrected chi connectivity index (χ0v) is 30.0. The van der Waals surface area contributed by atoms with Crippen LogP contribution in [0.25, 0.3) is 11.3 Å². The second-order valence-corrected chi connectivity index (χ2v) is 10.9. The topological polar surface area (TPSA) is 55.2 Å². The number of nitrogens with zero attached hydrogens (tertiary/aromatic N) is 3. The highest BCUT2D eigenvalue weighted by Crippen LogP contribution is 2.35. The maximum absolute atomic E-state index is 12.0. The van der Waals surface area contributed by atoms with Gasteiger partial charge in [-0.25, -0.2) is 4.98 Å². The molecule has 0 amide bonds. The number of Topliss-reactive ketones (excluding diaryl/α,β-unsaturated/α-hetero) is 1. The Balaban J connectivity index is 0.000000450. The number of aliphatic imine (C=N–C) groups is 1. The van der Waals surface area contributed by atoms with E-state index in [1.807, 2.05) is 65.1 Å². The van der Waals surface area contributed by atoms with E-state index in [1.165, 1.54) is 27.8 Å². The highest BCUT2D eigenvalue weighted by molar-refractivity contribution is 6.02. The molecule has 0 fully saturated rings. The maximum atomic E-state index is 12.0. The van der Waals surface area contributed by atoms with Crippen molar-refractivity contribution in [3.05, 3.63) is 113 Å². The van der Waals surface area contributed by atoms with Gasteiger partial charge in [0, 0.05) is 18.2 Å². The molecule has 2 heterocycles. The molecule has 0 saturated carbocycles. The quantitative estimate of drug-likeness (QED) is 0.140. The average Bonchev–Trinajstić information content (AvgIpc) is 3.09. The first-order valence-electron chi connectivity index (χ1n) is 16.9. The van der Waals surface area contributed by atoms with E-state index in [0.29, 0.717) is 24.0 Å². The van der Waals surface area contributed by atoms with Crippen molar-refractivity contribution in [3.63, 3.8) is 0 Å². The molecule has 0 bridgehead atoms. The van der Waals surface area contributed by atoms with E-state index in [0.717, 1.165) is 35.6 Å². The zero-order chi connectivity index (χ0) is 33.9. The van der Waals surface area contributed by atoms with Gasteiger partial charge in [0.1, 0.15) is 5.69 Å². The first kappa shape index (κ1) is 39.1. The lowest BCUT2D eigenvalue weighted by molar-refractivity contribution is 0.0983. The lowest BCUT2D eigenvalue weighted by atomic mass is 9.92. The predicted octanol–water partition coefficient (Wildman–Crippen LogP) is 12.1. The predicted molar refractivity (Wildman–Crippen MR) is 196 cm³/mol. The van der Waals surface area contributed by atoms with Crippen LogP contribution in [0.2, 0.25) is 0 Å². The molecule has 45 heavy (non-hydrogen) atoms. The van der Waals surface area contributed by atoms with Gasteiger partial charge in [0.15, 0.2) is 5.78 Å². The van der Waals surface area contributed by atoms with Crippen molar-refractivity contribution in [2.75, 3.05) is 0 Å². The fraction of sp³-hybridized carbons (Fsp3) is 0.415. The van der Waals surface area contributed by atoms with Crippen LogP contribution in [0.5, 0.6) is 0 Å². The molecule has 4 rings (SSSR count). The van der Waals surface area contributed by atoms with Gasteiger partial charge in [0.05, 0.1) is 22.8 Å². The van der Waals surface area contributed by atoms with E-state index in [1.54, 1.807) is 6.07 Å². The molecule has 4 aromatic rings. The van der Waals surface area contributed by atoms with Gasteiger partial charge in [0.2, 0.25) is 0 Å². The summed E-state index contributed by atoms with van der Waals surface area (Å²) in [5, 5.41) is 0. The van der Waals surface area contributed by atoms with Crippen molar-refractivity contribution in [2.24, 2.45) is 4.99 Å². The molecular weight excluding hydrogens is 550 g/mol. The first-order chi connectivity index (χ1) is 21.7. The summed E-state index contributed by atoms with van der Waals surface area (Å²) in [7, 11) is 0. The summed E-state index contributed by atoms with van der Waals surface area (Å²) in [6, 6.07) is 24.5. The van der Waals surface area contributed by atoms with Crippen LogP contribution in [-0.4, -0.2) is 21.5 Å². The van der Waals surface area contributed by atoms with Crippen molar-refractivity contribution >= 4 is 17.2 Å². The number of carbonyl (C=O) groups excluding carboxylic acids is 1. The first-order valence-corrected chi connectivity index (χ1v) is 16.9. The number of aromatic nitrogens is 2. The lowest BCUT2D eigenvalue weighted by Gasteiger charge is -2.17. The number of hydrogen-bond donors (Lipinski definition) is 0. The number of pyridine rings is 2. The standard InChI is InChI=1S/C23H30N2O.C14H15N.2C2H6/c1-7-19(20-13-10-14-21(24-20)22(26)8-2)25-23-17(15(3)4)11-9-12-18(23)16(5)6;1-3-12-11(2)7-6-8-13(12)14-9-4-5-10-15-14;2*1-2/h9-16H,7-8H2,1-6H3;4-10H,3H2,1-2H3;2*1-2H3. The van der Waals surface area contributed by atoms with E-state index in [9.17, 15) is 4.79 Å². The number of rotatable bonds is 9. The summed E-state index contributed by atoms with van der Waals surface area (Å²) in [5.41, 5.74) is 10.9. The molecule has 0 aliphatic rings. The van der Waals surface area contributed by atoms with Crippen LogP contribution >= 0.6 is 0 Å². The minimum atomic E-state index is 0.0627. The number of ketones is 1. The Bertz CT molecular complexity index is 1440. The molecule has 0 aliphatic heterocycles. The van der Waals surface area contributed by atoms with Crippen LogP contribution in [0, 0.1) is 6.92 Å². The molecule has 0 saturated heterocycles. The normalized spacial score (nSPS) is 10.7. The SMILES string of the molecule is CC.CC.CCC(=O)c1cccc(C(CC)=Nc2c(C(C)C)cccc2C(C)C)n1.CCc1c(C)cccc1-c1ccccn1. The second-order valence-electron chi connectivity index (χ2n) is 10.9. The van der Waals surface area contributed by atoms with Gasteiger partial charge in [-0.05, 0) is 78.1 Å². The molecule has 0 N–H and O–H groups in total. The van der Waals surface area contributed by atoms with Gasteiger partial charge in [-0.3, -0.25) is 14.8 Å². The van der Waals surface area contributed by atoms with Crippen LogP contribution < -0.4 is 0 Å². The minimum absolute atomic E-state index is 0.0627. The van der Waals surface area contributed by atoms with Gasteiger partial charge < -0.3 is 0 Å². The summed E-state index contributed by atoms with van der Waals surface area (Å²) in [5.74, 6) is 0.853. The molecule has 0 radical (unpaired) electrons. The Hall–Kier alpha value is -3.92. The molecule has 2 aromatic heterocycles. The third-order valence-corrected chi connectivity index (χ3v) is 7.28. The molecule has 4 nitrogen and oxygen atoms in total. The van der Waals surface area contributed by atoms with Crippen molar-refractivity contribution in [2.45, 2.75) is 114 Å². The number of hydrogen-bond acceptors (Lipinski definition) is 4. The van der Waals surface area contributed by atoms with E-state index < -0.39 is 0 Å². The summed E-state index contributed by atoms with van der Waals surface area (Å²) in [4.78, 5) is 26.1. The van der Waals surface area contributed by atoms with E-state index in [4.69, 9.17) is 4.99 Å². The molecular formula is C41H57N3O. The maximum Gasteiger partial charge on any atom is 0.180 e. The van der Waals surface area contributed by atoms with Crippen LogP contribution in [0.1, 0.15) is 139 Å². The van der Waals surface area contributed by atoms with Gasteiger partial charge >= 0.3 is 0 Å². The Labute approximate surface area is 274 Å². The van der Waals surface area contributed by atoms with Crippen molar-refractivity contribution in [3.8, 4) is 11.3 Å². The highest BCUT2D eigenvalue weighted by atomic mass is 16.1. The highest BCUT2D eigenvalue weighted by Gasteiger charge is 2.15. The fourth-order valence-electron chi connectivity index (χ4n) is 4.96. The van der Waals surface area contributed by atoms with E-state index in [-0.39, 0.29) is 5.78 Å². The summed E-state index contributed by atoms with van der Waals surface area (Å²) >= 11 is 0. The Morgan fingerprint density at radius 3 is 1.80 bits per heavy atom. The van der Waals surface area contributed by atoms with Crippen LogP contribution in [0.15, 0.2) is 84.0 Å². The molecule has 242 valence electrons. The van der Waals surface area contributed by atoms with Crippen molar-refractivity contribution < 1.29 is 4.79 Å². The Morgan fingerprint density at radius 2 is 1.29 bits per heavy atom. The number of para-hydroxylation sites is 1. The lowest BCUT2D eigenvalue weighted by Crippen LogP contribution is -2.08. The Kier molecular flexibility index (Phi) is 18.2. The molecule has 4 heteroatoms. The summed E-state index contributed by atoms with van der Waals surface area (Å²) in [6.07, 6.45) is 4.12. The van der Waals surface area contributed by atoms with Crippen molar-refractivity contribution in [1.29, 1.82) is 0 Å². The molecule has 0 spiro atoms. The largest absolute Gasteiger partial charge is 0.292 e. The number of aryl methyl sites for hydroxylation is 1. The van der Waals surface area contributed by atoms with Gasteiger partial charge in [-0.1, -0.05) is 125 Å². The smallest absolute Gasteiger partial charge is 0.180 e. The van der Waals surface area contributed by atoms with Crippen molar-refractivity contribution in [1.82, 2.24) is 9.97 Å². The second kappa shape index (κ2) is 20.9. The molecule has 0 unspecified atom stereocenters. The average molecular weight is 608 g/mol.